The van der Waals surface area contributed by atoms with Crippen molar-refractivity contribution >= 4 is 11.3 Å². The largest absolute Gasteiger partial charge is 0.508 e. The zero-order valence-corrected chi connectivity index (χ0v) is 12.1. The monoisotopic (exact) mass is 261 g/mol. The van der Waals surface area contributed by atoms with Gasteiger partial charge >= 0.3 is 0 Å². The molecule has 1 aromatic carbocycles. The molecule has 0 aliphatic rings. The molecule has 0 unspecified atom stereocenters. The summed E-state index contributed by atoms with van der Waals surface area (Å²) in [5.74, 6) is 0.355. The predicted molar refractivity (Wildman–Crippen MR) is 76.5 cm³/mol. The smallest absolute Gasteiger partial charge is 0.119 e. The van der Waals surface area contributed by atoms with Crippen molar-refractivity contribution < 1.29 is 5.11 Å². The molecular weight excluding hydrogens is 242 g/mol. The van der Waals surface area contributed by atoms with Crippen LogP contribution in [0.5, 0.6) is 5.75 Å². The van der Waals surface area contributed by atoms with Crippen molar-refractivity contribution in [3.8, 4) is 5.75 Å². The maximum Gasteiger partial charge on any atom is 0.119 e. The predicted octanol–water partition coefficient (Wildman–Crippen LogP) is 4.05. The first kappa shape index (κ1) is 13.1. The number of thiazole rings is 1. The van der Waals surface area contributed by atoms with Crippen LogP contribution in [0.4, 0.5) is 0 Å². The molecule has 3 heteroatoms. The maximum absolute atomic E-state index is 9.84. The summed E-state index contributed by atoms with van der Waals surface area (Å²) in [5.41, 5.74) is 3.32. The Labute approximate surface area is 112 Å². The van der Waals surface area contributed by atoms with Crippen LogP contribution in [0.15, 0.2) is 23.6 Å². The number of nitrogens with zero attached hydrogens (tertiary/aromatic N) is 1. The van der Waals surface area contributed by atoms with E-state index < -0.39 is 0 Å². The SMILES string of the molecule is Cc1ccc(O)c(Cc2nc(C(C)(C)C)cs2)c1. The van der Waals surface area contributed by atoms with Gasteiger partial charge in [0.05, 0.1) is 10.7 Å². The Balaban J connectivity index is 2.24. The molecule has 0 fully saturated rings. The van der Waals surface area contributed by atoms with Gasteiger partial charge in [-0.15, -0.1) is 11.3 Å². The van der Waals surface area contributed by atoms with Gasteiger partial charge in [0, 0.05) is 22.8 Å². The fourth-order valence-electron chi connectivity index (χ4n) is 1.76. The van der Waals surface area contributed by atoms with E-state index in [4.69, 9.17) is 0 Å². The molecular formula is C15H19NOS. The van der Waals surface area contributed by atoms with Crippen molar-refractivity contribution in [2.75, 3.05) is 0 Å². The summed E-state index contributed by atoms with van der Waals surface area (Å²) in [7, 11) is 0. The number of rotatable bonds is 2. The van der Waals surface area contributed by atoms with Gasteiger partial charge in [-0.25, -0.2) is 4.98 Å². The number of hydrogen-bond acceptors (Lipinski definition) is 3. The van der Waals surface area contributed by atoms with Gasteiger partial charge in [-0.05, 0) is 13.0 Å². The maximum atomic E-state index is 9.84. The van der Waals surface area contributed by atoms with Crippen LogP contribution in [0, 0.1) is 6.92 Å². The fourth-order valence-corrected chi connectivity index (χ4v) is 2.80. The van der Waals surface area contributed by atoms with Crippen LogP contribution in [-0.2, 0) is 11.8 Å². The lowest BCUT2D eigenvalue weighted by Gasteiger charge is -2.14. The van der Waals surface area contributed by atoms with Crippen LogP contribution in [0.3, 0.4) is 0 Å². The topological polar surface area (TPSA) is 33.1 Å². The first-order valence-corrected chi connectivity index (χ1v) is 6.97. The summed E-state index contributed by atoms with van der Waals surface area (Å²) >= 11 is 1.66. The van der Waals surface area contributed by atoms with Crippen molar-refractivity contribution in [2.24, 2.45) is 0 Å². The molecule has 0 bridgehead atoms. The van der Waals surface area contributed by atoms with Gasteiger partial charge in [0.25, 0.3) is 0 Å². The number of hydrogen-bond donors (Lipinski definition) is 1. The van der Waals surface area contributed by atoms with E-state index in [-0.39, 0.29) is 5.41 Å². The third kappa shape index (κ3) is 2.91. The van der Waals surface area contributed by atoms with Crippen LogP contribution in [0.1, 0.15) is 42.6 Å². The van der Waals surface area contributed by atoms with Gasteiger partial charge in [-0.3, -0.25) is 0 Å². The molecule has 2 nitrogen and oxygen atoms in total. The second kappa shape index (κ2) is 4.73. The van der Waals surface area contributed by atoms with Crippen molar-refractivity contribution in [3.05, 3.63) is 45.4 Å². The van der Waals surface area contributed by atoms with Crippen molar-refractivity contribution in [2.45, 2.75) is 39.5 Å². The van der Waals surface area contributed by atoms with Gasteiger partial charge < -0.3 is 5.11 Å². The quantitative estimate of drug-likeness (QED) is 0.885. The number of aromatic hydroxyl groups is 1. The minimum Gasteiger partial charge on any atom is -0.508 e. The van der Waals surface area contributed by atoms with E-state index in [1.165, 1.54) is 0 Å². The van der Waals surface area contributed by atoms with Crippen LogP contribution in [0.2, 0.25) is 0 Å². The summed E-state index contributed by atoms with van der Waals surface area (Å²) in [6, 6.07) is 5.69. The van der Waals surface area contributed by atoms with Crippen LogP contribution >= 0.6 is 11.3 Å². The average Bonchev–Trinajstić information content (AvgIpc) is 2.71. The summed E-state index contributed by atoms with van der Waals surface area (Å²) in [6.45, 7) is 8.52. The molecule has 18 heavy (non-hydrogen) atoms. The number of aromatic nitrogens is 1. The molecule has 2 aromatic rings. The fraction of sp³-hybridized carbons (Fsp3) is 0.400. The normalized spacial score (nSPS) is 11.8. The first-order valence-electron chi connectivity index (χ1n) is 6.09. The molecule has 0 aliphatic heterocycles. The van der Waals surface area contributed by atoms with E-state index in [2.05, 4.69) is 31.1 Å². The first-order chi connectivity index (χ1) is 8.36. The second-order valence-electron chi connectivity index (χ2n) is 5.69. The molecule has 0 radical (unpaired) electrons. The summed E-state index contributed by atoms with van der Waals surface area (Å²) in [6.07, 6.45) is 0.703. The standard InChI is InChI=1S/C15H19NOS/c1-10-5-6-12(17)11(7-10)8-14-16-13(9-18-14)15(2,3)4/h5-7,9,17H,8H2,1-4H3. The van der Waals surface area contributed by atoms with E-state index in [1.54, 1.807) is 17.4 Å². The third-order valence-corrected chi connectivity index (χ3v) is 3.75. The van der Waals surface area contributed by atoms with Gasteiger partial charge in [0.15, 0.2) is 0 Å². The number of phenolic OH excluding ortho intramolecular Hbond substituents is 1. The Morgan fingerprint density at radius 1 is 1.28 bits per heavy atom. The summed E-state index contributed by atoms with van der Waals surface area (Å²) < 4.78 is 0. The van der Waals surface area contributed by atoms with Crippen molar-refractivity contribution in [1.82, 2.24) is 4.98 Å². The molecule has 1 heterocycles. The molecule has 0 atom stereocenters. The number of aryl methyl sites for hydroxylation is 1. The highest BCUT2D eigenvalue weighted by Crippen LogP contribution is 2.27. The zero-order valence-electron chi connectivity index (χ0n) is 11.3. The number of phenols is 1. The van der Waals surface area contributed by atoms with Gasteiger partial charge in [0.1, 0.15) is 5.75 Å². The molecule has 2 rings (SSSR count). The second-order valence-corrected chi connectivity index (χ2v) is 6.63. The van der Waals surface area contributed by atoms with Crippen molar-refractivity contribution in [3.63, 3.8) is 0 Å². The molecule has 0 saturated heterocycles. The molecule has 1 N–H and O–H groups in total. The molecule has 0 amide bonds. The lowest BCUT2D eigenvalue weighted by molar-refractivity contribution is 0.469. The molecule has 0 saturated carbocycles. The number of benzene rings is 1. The minimum atomic E-state index is 0.0867. The van der Waals surface area contributed by atoms with E-state index in [0.29, 0.717) is 12.2 Å². The van der Waals surface area contributed by atoms with Crippen LogP contribution in [-0.4, -0.2) is 10.1 Å². The van der Waals surface area contributed by atoms with Gasteiger partial charge in [0.2, 0.25) is 0 Å². The Bertz CT molecular complexity index is 552. The summed E-state index contributed by atoms with van der Waals surface area (Å²) in [5, 5.41) is 13.0. The Morgan fingerprint density at radius 2 is 2.00 bits per heavy atom. The van der Waals surface area contributed by atoms with E-state index >= 15 is 0 Å². The zero-order chi connectivity index (χ0) is 13.3. The van der Waals surface area contributed by atoms with Gasteiger partial charge in [-0.1, -0.05) is 38.5 Å². The Morgan fingerprint density at radius 3 is 2.61 bits per heavy atom. The van der Waals surface area contributed by atoms with E-state index in [1.807, 2.05) is 19.1 Å². The van der Waals surface area contributed by atoms with E-state index in [9.17, 15) is 5.11 Å². The Kier molecular flexibility index (Phi) is 3.44. The van der Waals surface area contributed by atoms with Crippen LogP contribution in [0.25, 0.3) is 0 Å². The average molecular weight is 261 g/mol. The Hall–Kier alpha value is -1.35. The lowest BCUT2D eigenvalue weighted by Crippen LogP contribution is -2.11. The minimum absolute atomic E-state index is 0.0867. The van der Waals surface area contributed by atoms with Crippen molar-refractivity contribution in [1.29, 1.82) is 0 Å². The van der Waals surface area contributed by atoms with Gasteiger partial charge in [-0.2, -0.15) is 0 Å². The molecule has 96 valence electrons. The highest BCUT2D eigenvalue weighted by Gasteiger charge is 2.17. The molecule has 0 spiro atoms. The molecule has 0 aliphatic carbocycles. The highest BCUT2D eigenvalue weighted by molar-refractivity contribution is 7.09. The molecule has 1 aromatic heterocycles. The van der Waals surface area contributed by atoms with E-state index in [0.717, 1.165) is 21.8 Å². The lowest BCUT2D eigenvalue weighted by atomic mass is 9.93. The van der Waals surface area contributed by atoms with Crippen LogP contribution < -0.4 is 0 Å². The highest BCUT2D eigenvalue weighted by atomic mass is 32.1. The summed E-state index contributed by atoms with van der Waals surface area (Å²) in [4.78, 5) is 4.65. The third-order valence-electron chi connectivity index (χ3n) is 2.90.